The van der Waals surface area contributed by atoms with E-state index in [-0.39, 0.29) is 0 Å². The maximum atomic E-state index is 10.4. The van der Waals surface area contributed by atoms with Gasteiger partial charge in [0.1, 0.15) is 11.9 Å². The molecule has 2 nitrogen and oxygen atoms in total. The van der Waals surface area contributed by atoms with Crippen LogP contribution >= 0.6 is 61.5 Å². The number of hydrogen-bond acceptors (Lipinski definition) is 3. The van der Waals surface area contributed by atoms with Crippen LogP contribution < -0.4 is 4.74 Å². The number of methoxy groups -OCH3 is 1. The molecule has 0 spiro atoms. The molecule has 0 amide bonds. The summed E-state index contributed by atoms with van der Waals surface area (Å²) < 4.78 is 7.18. The summed E-state index contributed by atoms with van der Waals surface area (Å²) in [5.74, 6) is 0.605. The fourth-order valence-electron chi connectivity index (χ4n) is 1.65. The van der Waals surface area contributed by atoms with Crippen molar-refractivity contribution in [2.45, 2.75) is 6.10 Å². The van der Waals surface area contributed by atoms with Gasteiger partial charge in [0.2, 0.25) is 0 Å². The summed E-state index contributed by atoms with van der Waals surface area (Å²) >= 11 is 13.2. The van der Waals surface area contributed by atoms with Crippen LogP contribution in [0, 0.1) is 2.88 Å². The Morgan fingerprint density at radius 1 is 1.44 bits per heavy atom. The molecule has 0 aliphatic rings. The minimum absolute atomic E-state index is 0.557. The standard InChI is InChI=1S/C12H9BrClIO2S/c1-17-12-8(3-7(14)4-9(12)13)11(16)6-2-10(15)18-5-6/h2-5,11,16H,1H3. The Hall–Kier alpha value is 0.180. The molecule has 1 aromatic heterocycles. The molecule has 96 valence electrons. The van der Waals surface area contributed by atoms with E-state index in [1.54, 1.807) is 30.6 Å². The predicted molar refractivity (Wildman–Crippen MR) is 86.8 cm³/mol. The van der Waals surface area contributed by atoms with Crippen molar-refractivity contribution in [1.82, 2.24) is 0 Å². The Morgan fingerprint density at radius 3 is 2.72 bits per heavy atom. The lowest BCUT2D eigenvalue weighted by molar-refractivity contribution is 0.215. The van der Waals surface area contributed by atoms with Crippen molar-refractivity contribution in [3.05, 3.63) is 47.1 Å². The van der Waals surface area contributed by atoms with Gasteiger partial charge in [-0.25, -0.2) is 0 Å². The van der Waals surface area contributed by atoms with Crippen LogP contribution in [0.15, 0.2) is 28.1 Å². The first-order chi connectivity index (χ1) is 8.52. The van der Waals surface area contributed by atoms with Crippen LogP contribution in [0.1, 0.15) is 17.2 Å². The topological polar surface area (TPSA) is 29.5 Å². The molecule has 1 N–H and O–H groups in total. The lowest BCUT2D eigenvalue weighted by Gasteiger charge is -2.15. The molecular formula is C12H9BrClIO2S. The number of aliphatic hydroxyl groups is 1. The van der Waals surface area contributed by atoms with Crippen molar-refractivity contribution in [3.63, 3.8) is 0 Å². The zero-order valence-corrected chi connectivity index (χ0v) is 14.6. The average Bonchev–Trinajstić information content (AvgIpc) is 2.74. The van der Waals surface area contributed by atoms with Crippen molar-refractivity contribution >= 4 is 61.5 Å². The average molecular weight is 460 g/mol. The number of thiophene rings is 1. The highest BCUT2D eigenvalue weighted by atomic mass is 127. The van der Waals surface area contributed by atoms with Gasteiger partial charge < -0.3 is 9.84 Å². The number of benzene rings is 1. The normalized spacial score (nSPS) is 12.5. The van der Waals surface area contributed by atoms with Gasteiger partial charge in [0.25, 0.3) is 0 Å². The summed E-state index contributed by atoms with van der Waals surface area (Å²) in [4.78, 5) is 0. The van der Waals surface area contributed by atoms with Gasteiger partial charge in [-0.15, -0.1) is 11.3 Å². The second kappa shape index (κ2) is 6.09. The maximum Gasteiger partial charge on any atom is 0.139 e. The second-order valence-corrected chi connectivity index (χ2v) is 7.69. The first kappa shape index (κ1) is 14.6. The second-order valence-electron chi connectivity index (χ2n) is 3.60. The zero-order chi connectivity index (χ0) is 13.3. The lowest BCUT2D eigenvalue weighted by Crippen LogP contribution is -2.02. The van der Waals surface area contributed by atoms with E-state index in [0.29, 0.717) is 16.3 Å². The van der Waals surface area contributed by atoms with Crippen molar-refractivity contribution in [3.8, 4) is 5.75 Å². The van der Waals surface area contributed by atoms with E-state index in [1.807, 2.05) is 11.4 Å². The number of halogens is 3. The number of rotatable bonds is 3. The minimum atomic E-state index is -0.741. The maximum absolute atomic E-state index is 10.4. The summed E-state index contributed by atoms with van der Waals surface area (Å²) in [6, 6.07) is 5.42. The molecule has 0 saturated carbocycles. The fraction of sp³-hybridized carbons (Fsp3) is 0.167. The molecule has 1 unspecified atom stereocenters. The van der Waals surface area contributed by atoms with E-state index in [9.17, 15) is 5.11 Å². The molecule has 6 heteroatoms. The van der Waals surface area contributed by atoms with E-state index in [0.717, 1.165) is 12.9 Å². The molecule has 2 aromatic rings. The van der Waals surface area contributed by atoms with Gasteiger partial charge in [-0.1, -0.05) is 11.6 Å². The highest BCUT2D eigenvalue weighted by molar-refractivity contribution is 14.1. The molecule has 1 atom stereocenters. The highest BCUT2D eigenvalue weighted by Gasteiger charge is 2.19. The van der Waals surface area contributed by atoms with Gasteiger partial charge in [0, 0.05) is 10.6 Å². The van der Waals surface area contributed by atoms with Crippen LogP contribution in [0.25, 0.3) is 0 Å². The first-order valence-corrected chi connectivity index (χ1v) is 8.10. The van der Waals surface area contributed by atoms with Crippen LogP contribution in [0.2, 0.25) is 5.02 Å². The molecule has 1 aromatic carbocycles. The van der Waals surface area contributed by atoms with Crippen molar-refractivity contribution in [2.24, 2.45) is 0 Å². The molecule has 0 bridgehead atoms. The van der Waals surface area contributed by atoms with E-state index < -0.39 is 6.10 Å². The Kier molecular flexibility index (Phi) is 4.93. The summed E-state index contributed by atoms with van der Waals surface area (Å²) in [6.07, 6.45) is -0.741. The Balaban J connectivity index is 2.49. The molecule has 0 fully saturated rings. The van der Waals surface area contributed by atoms with Crippen molar-refractivity contribution < 1.29 is 9.84 Å². The summed E-state index contributed by atoms with van der Waals surface area (Å²) in [7, 11) is 1.57. The van der Waals surface area contributed by atoms with Crippen LogP contribution in [-0.4, -0.2) is 12.2 Å². The molecule has 18 heavy (non-hydrogen) atoms. The Labute approximate surface area is 136 Å². The van der Waals surface area contributed by atoms with E-state index in [2.05, 4.69) is 38.5 Å². The largest absolute Gasteiger partial charge is 0.495 e. The first-order valence-electron chi connectivity index (χ1n) is 4.98. The van der Waals surface area contributed by atoms with Crippen molar-refractivity contribution in [1.29, 1.82) is 0 Å². The monoisotopic (exact) mass is 458 g/mol. The lowest BCUT2D eigenvalue weighted by atomic mass is 10.0. The third-order valence-electron chi connectivity index (χ3n) is 2.44. The third-order valence-corrected chi connectivity index (χ3v) is 5.05. The number of aliphatic hydroxyl groups excluding tert-OH is 1. The van der Waals surface area contributed by atoms with Gasteiger partial charge in [-0.2, -0.15) is 0 Å². The van der Waals surface area contributed by atoms with Gasteiger partial charge >= 0.3 is 0 Å². The Bertz CT molecular complexity index is 573. The van der Waals surface area contributed by atoms with Gasteiger partial charge in [-0.3, -0.25) is 0 Å². The van der Waals surface area contributed by atoms with E-state index in [1.165, 1.54) is 0 Å². The molecule has 1 heterocycles. The highest BCUT2D eigenvalue weighted by Crippen LogP contribution is 2.39. The molecule has 2 rings (SSSR count). The van der Waals surface area contributed by atoms with Gasteiger partial charge in [0.15, 0.2) is 0 Å². The van der Waals surface area contributed by atoms with Crippen LogP contribution in [0.3, 0.4) is 0 Å². The van der Waals surface area contributed by atoms with Gasteiger partial charge in [-0.05, 0) is 67.7 Å². The summed E-state index contributed by atoms with van der Waals surface area (Å²) in [5.41, 5.74) is 1.50. The molecule has 0 aliphatic carbocycles. The van der Waals surface area contributed by atoms with E-state index >= 15 is 0 Å². The Morgan fingerprint density at radius 2 is 2.17 bits per heavy atom. The third kappa shape index (κ3) is 3.01. The molecule has 0 radical (unpaired) electrons. The van der Waals surface area contributed by atoms with Crippen molar-refractivity contribution in [2.75, 3.05) is 7.11 Å². The quantitative estimate of drug-likeness (QED) is 0.665. The SMILES string of the molecule is COc1c(Br)cc(Cl)cc1C(O)c1csc(I)c1. The minimum Gasteiger partial charge on any atom is -0.495 e. The summed E-state index contributed by atoms with van der Waals surface area (Å²) in [6.45, 7) is 0. The van der Waals surface area contributed by atoms with Crippen LogP contribution in [0.5, 0.6) is 5.75 Å². The summed E-state index contributed by atoms with van der Waals surface area (Å²) in [5, 5.41) is 12.9. The van der Waals surface area contributed by atoms with E-state index in [4.69, 9.17) is 16.3 Å². The molecule has 0 saturated heterocycles. The number of ether oxygens (including phenoxy) is 1. The van der Waals surface area contributed by atoms with Crippen LogP contribution in [0.4, 0.5) is 0 Å². The smallest absolute Gasteiger partial charge is 0.139 e. The van der Waals surface area contributed by atoms with Gasteiger partial charge in [0.05, 0.1) is 14.5 Å². The molecular weight excluding hydrogens is 450 g/mol. The molecule has 0 aliphatic heterocycles. The number of hydrogen-bond donors (Lipinski definition) is 1. The zero-order valence-electron chi connectivity index (χ0n) is 9.28. The van der Waals surface area contributed by atoms with Crippen LogP contribution in [-0.2, 0) is 0 Å². The predicted octanol–water partition coefficient (Wildman–Crippen LogP) is 4.86. The fourth-order valence-corrected chi connectivity index (χ4v) is 4.03.